The summed E-state index contributed by atoms with van der Waals surface area (Å²) in [6.07, 6.45) is 1.87. The van der Waals surface area contributed by atoms with Crippen molar-refractivity contribution < 1.29 is 9.62 Å². The van der Waals surface area contributed by atoms with Gasteiger partial charge in [0.2, 0.25) is 11.0 Å². The van der Waals surface area contributed by atoms with Crippen LogP contribution in [-0.4, -0.2) is 9.73 Å². The molecule has 4 rings (SSSR count). The molecular formula is C14H9N3O. The van der Waals surface area contributed by atoms with Gasteiger partial charge in [-0.15, -0.1) is 4.52 Å². The Balaban J connectivity index is 2.34. The summed E-state index contributed by atoms with van der Waals surface area (Å²) < 4.78 is 3.20. The highest BCUT2D eigenvalue weighted by atomic mass is 16.3. The van der Waals surface area contributed by atoms with Gasteiger partial charge >= 0.3 is 0 Å². The zero-order valence-electron chi connectivity index (χ0n) is 9.45. The smallest absolute Gasteiger partial charge is 0.250 e. The Morgan fingerprint density at radius 1 is 1.00 bits per heavy atom. The Hall–Kier alpha value is -2.62. The average Bonchev–Trinajstić information content (AvgIpc) is 2.77. The van der Waals surface area contributed by atoms with E-state index in [4.69, 9.17) is 0 Å². The number of fused-ring (bicyclic) bond motifs is 4. The van der Waals surface area contributed by atoms with E-state index in [0.29, 0.717) is 5.39 Å². The highest BCUT2D eigenvalue weighted by molar-refractivity contribution is 5.85. The number of nitrogens with zero attached hydrogens (tertiary/aromatic N) is 3. The predicted molar refractivity (Wildman–Crippen MR) is 65.3 cm³/mol. The largest absolute Gasteiger partial charge is 0.840 e. The third-order valence-electron chi connectivity index (χ3n) is 3.16. The zero-order chi connectivity index (χ0) is 12.1. The van der Waals surface area contributed by atoms with Gasteiger partial charge in [0.15, 0.2) is 0 Å². The molecule has 4 nitrogen and oxygen atoms in total. The lowest BCUT2D eigenvalue weighted by atomic mass is 10.2. The second kappa shape index (κ2) is 3.20. The molecule has 2 aromatic heterocycles. The van der Waals surface area contributed by atoms with Gasteiger partial charge in [0.05, 0.1) is 11.0 Å². The Bertz CT molecular complexity index is 895. The molecule has 0 atom stereocenters. The molecule has 0 bridgehead atoms. The minimum absolute atomic E-state index is 0.0400. The van der Waals surface area contributed by atoms with Crippen LogP contribution in [0.15, 0.2) is 54.7 Å². The summed E-state index contributed by atoms with van der Waals surface area (Å²) in [5.74, 6) is -0.0400. The molecule has 2 aromatic carbocycles. The van der Waals surface area contributed by atoms with Gasteiger partial charge in [-0.1, -0.05) is 36.4 Å². The average molecular weight is 235 g/mol. The molecule has 0 N–H and O–H groups in total. The van der Waals surface area contributed by atoms with E-state index >= 15 is 0 Å². The molecule has 4 aromatic rings. The third kappa shape index (κ3) is 1.09. The van der Waals surface area contributed by atoms with Gasteiger partial charge in [0.1, 0.15) is 6.20 Å². The van der Waals surface area contributed by atoms with E-state index in [-0.39, 0.29) is 5.88 Å². The summed E-state index contributed by atoms with van der Waals surface area (Å²) >= 11 is 0. The minimum atomic E-state index is -0.0400. The van der Waals surface area contributed by atoms with Crippen LogP contribution in [0.25, 0.3) is 21.8 Å². The molecule has 4 heteroatoms. The van der Waals surface area contributed by atoms with Gasteiger partial charge in [-0.25, -0.2) is 0 Å². The van der Waals surface area contributed by atoms with Crippen LogP contribution in [0.3, 0.4) is 0 Å². The molecule has 0 unspecified atom stereocenters. The molecule has 0 aliphatic carbocycles. The monoisotopic (exact) mass is 235 g/mol. The molecule has 0 fully saturated rings. The van der Waals surface area contributed by atoms with Crippen LogP contribution in [-0.2, 0) is 0 Å². The summed E-state index contributed by atoms with van der Waals surface area (Å²) in [5.41, 5.74) is 1.64. The van der Waals surface area contributed by atoms with Crippen molar-refractivity contribution in [2.45, 2.75) is 0 Å². The lowest BCUT2D eigenvalue weighted by molar-refractivity contribution is -0.648. The maximum absolute atomic E-state index is 12.5. The first-order valence-electron chi connectivity index (χ1n) is 5.73. The highest BCUT2D eigenvalue weighted by Crippen LogP contribution is 2.19. The highest BCUT2D eigenvalue weighted by Gasteiger charge is 2.14. The van der Waals surface area contributed by atoms with Gasteiger partial charge in [-0.2, -0.15) is 0 Å². The third-order valence-corrected chi connectivity index (χ3v) is 3.16. The fourth-order valence-electron chi connectivity index (χ4n) is 2.33. The first kappa shape index (κ1) is 9.41. The maximum atomic E-state index is 12.5. The van der Waals surface area contributed by atoms with E-state index < -0.39 is 0 Å². The first-order valence-corrected chi connectivity index (χ1v) is 5.73. The number of hydrogen-bond donors (Lipinski definition) is 0. The van der Waals surface area contributed by atoms with E-state index in [1.54, 1.807) is 9.15 Å². The molecule has 0 spiro atoms. The Morgan fingerprint density at radius 3 is 2.72 bits per heavy atom. The summed E-state index contributed by atoms with van der Waals surface area (Å²) in [5, 5.41) is 18.5. The van der Waals surface area contributed by atoms with Crippen molar-refractivity contribution in [1.82, 2.24) is 9.73 Å². The molecule has 0 amide bonds. The lowest BCUT2D eigenvalue weighted by Crippen LogP contribution is -2.33. The van der Waals surface area contributed by atoms with Gasteiger partial charge < -0.3 is 5.11 Å². The van der Waals surface area contributed by atoms with Crippen LogP contribution in [0.1, 0.15) is 0 Å². The van der Waals surface area contributed by atoms with Gasteiger partial charge in [0, 0.05) is 10.8 Å². The van der Waals surface area contributed by atoms with Crippen molar-refractivity contribution in [1.29, 1.82) is 0 Å². The van der Waals surface area contributed by atoms with Crippen LogP contribution in [0.5, 0.6) is 5.88 Å². The Kier molecular flexibility index (Phi) is 1.67. The van der Waals surface area contributed by atoms with Crippen molar-refractivity contribution in [2.24, 2.45) is 0 Å². The molecule has 18 heavy (non-hydrogen) atoms. The molecule has 0 saturated carbocycles. The number of hydrogen-bond acceptors (Lipinski definition) is 2. The molecule has 0 aliphatic rings. The van der Waals surface area contributed by atoms with Crippen LogP contribution in [0, 0.1) is 0 Å². The van der Waals surface area contributed by atoms with E-state index in [0.717, 1.165) is 16.4 Å². The second-order valence-electron chi connectivity index (χ2n) is 4.24. The molecule has 2 heterocycles. The Morgan fingerprint density at radius 2 is 1.78 bits per heavy atom. The van der Waals surface area contributed by atoms with Crippen molar-refractivity contribution in [2.75, 3.05) is 0 Å². The van der Waals surface area contributed by atoms with Crippen LogP contribution < -0.4 is 9.62 Å². The van der Waals surface area contributed by atoms with Crippen molar-refractivity contribution >= 4 is 21.8 Å². The van der Waals surface area contributed by atoms with Gasteiger partial charge in [-0.3, -0.25) is 0 Å². The summed E-state index contributed by atoms with van der Waals surface area (Å²) in [4.78, 5) is 0. The fraction of sp³-hybridized carbons (Fsp3) is 0. The number of aromatic nitrogens is 3. The predicted octanol–water partition coefficient (Wildman–Crippen LogP) is 1.30. The molecule has 0 aliphatic heterocycles. The second-order valence-corrected chi connectivity index (χ2v) is 4.24. The van der Waals surface area contributed by atoms with Gasteiger partial charge in [0.25, 0.3) is 0 Å². The zero-order valence-corrected chi connectivity index (χ0v) is 9.45. The molecule has 0 saturated heterocycles. The quantitative estimate of drug-likeness (QED) is 0.431. The van der Waals surface area contributed by atoms with E-state index in [1.165, 1.54) is 0 Å². The van der Waals surface area contributed by atoms with Crippen LogP contribution >= 0.6 is 0 Å². The van der Waals surface area contributed by atoms with Crippen molar-refractivity contribution in [3.63, 3.8) is 0 Å². The first-order chi connectivity index (χ1) is 8.84. The van der Waals surface area contributed by atoms with E-state index in [1.807, 2.05) is 54.7 Å². The summed E-state index contributed by atoms with van der Waals surface area (Å²) in [6, 6.07) is 15.2. The van der Waals surface area contributed by atoms with Crippen LogP contribution in [0.4, 0.5) is 0 Å². The van der Waals surface area contributed by atoms with Gasteiger partial charge in [-0.05, 0) is 16.8 Å². The maximum Gasteiger partial charge on any atom is 0.250 e. The number of benzene rings is 2. The van der Waals surface area contributed by atoms with Crippen molar-refractivity contribution in [3.8, 4) is 5.88 Å². The lowest BCUT2D eigenvalue weighted by Gasteiger charge is -2.07. The SMILES string of the molecule is [O-]c1c2ccccc2cn2nc3ccccc3[n+]12. The summed E-state index contributed by atoms with van der Waals surface area (Å²) in [6.45, 7) is 0. The standard InChI is InChI=1S/C14H9N3O/c18-14-11-6-2-1-5-10(11)9-16-15-12-7-3-4-8-13(12)17(14)16/h1-9H. The molecule has 0 radical (unpaired) electrons. The number of para-hydroxylation sites is 1. The molecular weight excluding hydrogens is 226 g/mol. The Labute approximate surface area is 102 Å². The fourth-order valence-corrected chi connectivity index (χ4v) is 2.33. The topological polar surface area (TPSA) is 44.5 Å². The molecule has 86 valence electrons. The number of rotatable bonds is 0. The van der Waals surface area contributed by atoms with E-state index in [2.05, 4.69) is 5.10 Å². The minimum Gasteiger partial charge on any atom is -0.840 e. The van der Waals surface area contributed by atoms with Crippen LogP contribution in [0.2, 0.25) is 0 Å². The van der Waals surface area contributed by atoms with E-state index in [9.17, 15) is 5.11 Å². The summed E-state index contributed by atoms with van der Waals surface area (Å²) in [7, 11) is 0. The normalized spacial score (nSPS) is 11.6. The van der Waals surface area contributed by atoms with Crippen molar-refractivity contribution in [3.05, 3.63) is 54.7 Å².